The Hall–Kier alpha value is -1.89. The average Bonchev–Trinajstić information content (AvgIpc) is 2.56. The molecule has 4 nitrogen and oxygen atoms in total. The number of aryl methyl sites for hydroxylation is 1. The van der Waals surface area contributed by atoms with Crippen LogP contribution in [0.4, 0.5) is 5.69 Å². The standard InChI is InChI=1S/C19H21IN2O2/c1-3-5-17(23)22-15-10-8-14(9-11-15)12-21-19(24)16-7-4-6-13(2)18(16)20/h4,6-11H,3,5,12H2,1-2H3,(H,21,24)(H,22,23). The van der Waals surface area contributed by atoms with Crippen LogP contribution in [-0.4, -0.2) is 11.8 Å². The van der Waals surface area contributed by atoms with Gasteiger partial charge in [0, 0.05) is 22.2 Å². The zero-order valence-corrected chi connectivity index (χ0v) is 16.0. The Morgan fingerprint density at radius 2 is 1.79 bits per heavy atom. The quantitative estimate of drug-likeness (QED) is 0.665. The van der Waals surface area contributed by atoms with E-state index in [2.05, 4.69) is 33.2 Å². The Kier molecular flexibility index (Phi) is 6.78. The number of benzene rings is 2. The molecule has 5 heteroatoms. The first-order valence-corrected chi connectivity index (χ1v) is 9.01. The van der Waals surface area contributed by atoms with Crippen LogP contribution in [0.3, 0.4) is 0 Å². The third-order valence-electron chi connectivity index (χ3n) is 3.60. The van der Waals surface area contributed by atoms with Crippen molar-refractivity contribution >= 4 is 40.1 Å². The molecule has 0 fully saturated rings. The van der Waals surface area contributed by atoms with Crippen LogP contribution in [0.25, 0.3) is 0 Å². The third kappa shape index (κ3) is 5.06. The first-order valence-electron chi connectivity index (χ1n) is 7.93. The van der Waals surface area contributed by atoms with Crippen molar-refractivity contribution in [3.05, 3.63) is 62.7 Å². The molecule has 0 heterocycles. The molecule has 2 aromatic carbocycles. The zero-order valence-electron chi connectivity index (χ0n) is 13.9. The second kappa shape index (κ2) is 8.82. The summed E-state index contributed by atoms with van der Waals surface area (Å²) < 4.78 is 0.974. The van der Waals surface area contributed by atoms with E-state index < -0.39 is 0 Å². The number of carbonyl (C=O) groups is 2. The minimum atomic E-state index is -0.0802. The summed E-state index contributed by atoms with van der Waals surface area (Å²) in [5.74, 6) is -0.0593. The average molecular weight is 436 g/mol. The number of hydrogen-bond donors (Lipinski definition) is 2. The number of anilines is 1. The number of nitrogens with one attached hydrogen (secondary N) is 2. The maximum Gasteiger partial charge on any atom is 0.252 e. The Morgan fingerprint density at radius 3 is 2.46 bits per heavy atom. The fourth-order valence-corrected chi connectivity index (χ4v) is 2.86. The molecule has 0 atom stereocenters. The van der Waals surface area contributed by atoms with E-state index in [0.717, 1.165) is 26.8 Å². The normalized spacial score (nSPS) is 10.3. The molecule has 0 bridgehead atoms. The molecule has 0 aliphatic heterocycles. The van der Waals surface area contributed by atoms with Gasteiger partial charge in [-0.2, -0.15) is 0 Å². The minimum absolute atomic E-state index is 0.0209. The zero-order chi connectivity index (χ0) is 17.5. The molecule has 0 radical (unpaired) electrons. The fraction of sp³-hybridized carbons (Fsp3) is 0.263. The SMILES string of the molecule is CCCC(=O)Nc1ccc(CNC(=O)c2cccc(C)c2I)cc1. The lowest BCUT2D eigenvalue weighted by Gasteiger charge is -2.09. The van der Waals surface area contributed by atoms with E-state index in [9.17, 15) is 9.59 Å². The van der Waals surface area contributed by atoms with Crippen LogP contribution in [0.15, 0.2) is 42.5 Å². The second-order valence-electron chi connectivity index (χ2n) is 5.61. The van der Waals surface area contributed by atoms with Gasteiger partial charge in [0.2, 0.25) is 5.91 Å². The van der Waals surface area contributed by atoms with Gasteiger partial charge in [-0.1, -0.05) is 31.2 Å². The summed E-state index contributed by atoms with van der Waals surface area (Å²) in [6.45, 7) is 4.41. The molecular formula is C19H21IN2O2. The predicted octanol–water partition coefficient (Wildman–Crippen LogP) is 4.27. The fourth-order valence-electron chi connectivity index (χ4n) is 2.26. The van der Waals surface area contributed by atoms with Crippen LogP contribution in [0.5, 0.6) is 0 Å². The Morgan fingerprint density at radius 1 is 1.08 bits per heavy atom. The number of amides is 2. The van der Waals surface area contributed by atoms with E-state index >= 15 is 0 Å². The van der Waals surface area contributed by atoms with Crippen molar-refractivity contribution in [2.75, 3.05) is 5.32 Å². The van der Waals surface area contributed by atoms with Gasteiger partial charge in [-0.25, -0.2) is 0 Å². The van der Waals surface area contributed by atoms with Crippen molar-refractivity contribution in [2.45, 2.75) is 33.2 Å². The summed E-state index contributed by atoms with van der Waals surface area (Å²) in [4.78, 5) is 23.9. The Bertz CT molecular complexity index is 727. The van der Waals surface area contributed by atoms with Crippen LogP contribution in [0, 0.1) is 10.5 Å². The smallest absolute Gasteiger partial charge is 0.252 e. The number of rotatable bonds is 6. The molecule has 2 aromatic rings. The molecule has 2 rings (SSSR count). The third-order valence-corrected chi connectivity index (χ3v) is 5.04. The van der Waals surface area contributed by atoms with Gasteiger partial charge in [0.05, 0.1) is 5.56 Å². The molecule has 0 aliphatic carbocycles. The molecule has 0 unspecified atom stereocenters. The molecule has 0 aliphatic rings. The summed E-state index contributed by atoms with van der Waals surface area (Å²) in [6.07, 6.45) is 1.35. The molecule has 2 N–H and O–H groups in total. The summed E-state index contributed by atoms with van der Waals surface area (Å²) in [6, 6.07) is 13.2. The van der Waals surface area contributed by atoms with Crippen LogP contribution in [-0.2, 0) is 11.3 Å². The van der Waals surface area contributed by atoms with E-state index in [-0.39, 0.29) is 11.8 Å². The number of hydrogen-bond acceptors (Lipinski definition) is 2. The number of carbonyl (C=O) groups excluding carboxylic acids is 2. The highest BCUT2D eigenvalue weighted by molar-refractivity contribution is 14.1. The second-order valence-corrected chi connectivity index (χ2v) is 6.69. The number of halogens is 1. The highest BCUT2D eigenvalue weighted by Crippen LogP contribution is 2.17. The van der Waals surface area contributed by atoms with Crippen molar-refractivity contribution in [1.82, 2.24) is 5.32 Å². The van der Waals surface area contributed by atoms with Gasteiger partial charge >= 0.3 is 0 Å². The van der Waals surface area contributed by atoms with E-state index in [4.69, 9.17) is 0 Å². The summed E-state index contributed by atoms with van der Waals surface area (Å²) >= 11 is 2.20. The van der Waals surface area contributed by atoms with Crippen LogP contribution < -0.4 is 10.6 Å². The van der Waals surface area contributed by atoms with Gasteiger partial charge in [-0.3, -0.25) is 9.59 Å². The van der Waals surface area contributed by atoms with Crippen molar-refractivity contribution in [2.24, 2.45) is 0 Å². The first-order chi connectivity index (χ1) is 11.5. The minimum Gasteiger partial charge on any atom is -0.348 e. The molecule has 0 aromatic heterocycles. The Balaban J connectivity index is 1.93. The van der Waals surface area contributed by atoms with Gasteiger partial charge in [-0.15, -0.1) is 0 Å². The van der Waals surface area contributed by atoms with E-state index in [0.29, 0.717) is 18.5 Å². The lowest BCUT2D eigenvalue weighted by Crippen LogP contribution is -2.23. The first kappa shape index (κ1) is 18.4. The van der Waals surface area contributed by atoms with Gasteiger partial charge in [0.15, 0.2) is 0 Å². The van der Waals surface area contributed by atoms with Crippen LogP contribution in [0.1, 0.15) is 41.3 Å². The van der Waals surface area contributed by atoms with Gasteiger partial charge < -0.3 is 10.6 Å². The highest BCUT2D eigenvalue weighted by atomic mass is 127. The summed E-state index contributed by atoms with van der Waals surface area (Å²) in [5.41, 5.74) is 3.55. The highest BCUT2D eigenvalue weighted by Gasteiger charge is 2.10. The Labute approximate surface area is 156 Å². The summed E-state index contributed by atoms with van der Waals surface area (Å²) in [7, 11) is 0. The molecule has 0 spiro atoms. The van der Waals surface area contributed by atoms with Crippen molar-refractivity contribution in [3.8, 4) is 0 Å². The topological polar surface area (TPSA) is 58.2 Å². The molecule has 2 amide bonds. The van der Waals surface area contributed by atoms with E-state index in [1.54, 1.807) is 0 Å². The van der Waals surface area contributed by atoms with Gasteiger partial charge in [0.25, 0.3) is 5.91 Å². The van der Waals surface area contributed by atoms with E-state index in [1.807, 2.05) is 56.3 Å². The molecule has 0 saturated carbocycles. The lowest BCUT2D eigenvalue weighted by molar-refractivity contribution is -0.116. The van der Waals surface area contributed by atoms with Crippen molar-refractivity contribution < 1.29 is 9.59 Å². The van der Waals surface area contributed by atoms with Crippen molar-refractivity contribution in [3.63, 3.8) is 0 Å². The predicted molar refractivity (Wildman–Crippen MR) is 105 cm³/mol. The lowest BCUT2D eigenvalue weighted by atomic mass is 10.1. The molecule has 0 saturated heterocycles. The van der Waals surface area contributed by atoms with Gasteiger partial charge in [0.1, 0.15) is 0 Å². The molecular weight excluding hydrogens is 415 g/mol. The largest absolute Gasteiger partial charge is 0.348 e. The maximum absolute atomic E-state index is 12.3. The monoisotopic (exact) mass is 436 g/mol. The van der Waals surface area contributed by atoms with Crippen LogP contribution >= 0.6 is 22.6 Å². The molecule has 126 valence electrons. The van der Waals surface area contributed by atoms with E-state index in [1.165, 1.54) is 0 Å². The van der Waals surface area contributed by atoms with Crippen LogP contribution in [0.2, 0.25) is 0 Å². The molecule has 24 heavy (non-hydrogen) atoms. The van der Waals surface area contributed by atoms with Gasteiger partial charge in [-0.05, 0) is 65.3 Å². The maximum atomic E-state index is 12.3. The van der Waals surface area contributed by atoms with Crippen molar-refractivity contribution in [1.29, 1.82) is 0 Å². The summed E-state index contributed by atoms with van der Waals surface area (Å²) in [5, 5.41) is 5.78.